The second kappa shape index (κ2) is 6.20. The van der Waals surface area contributed by atoms with Gasteiger partial charge in [0, 0.05) is 5.56 Å². The van der Waals surface area contributed by atoms with Crippen LogP contribution in [0, 0.1) is 0 Å². The minimum absolute atomic E-state index is 0. The van der Waals surface area contributed by atoms with E-state index < -0.39 is 0 Å². The van der Waals surface area contributed by atoms with Gasteiger partial charge in [0.05, 0.1) is 20.6 Å². The zero-order valence-corrected chi connectivity index (χ0v) is 10.9. The molecule has 0 aliphatic rings. The molecule has 0 bridgehead atoms. The zero-order valence-electron chi connectivity index (χ0n) is 9.33. The molecule has 14 heavy (non-hydrogen) atoms. The fourth-order valence-electron chi connectivity index (χ4n) is 1.76. The lowest BCUT2D eigenvalue weighted by molar-refractivity contribution is -0.903. The molecule has 1 rings (SSSR count). The fraction of sp³-hybridized carbons (Fsp3) is 0.500. The van der Waals surface area contributed by atoms with Gasteiger partial charge in [0.1, 0.15) is 6.54 Å². The number of rotatable bonds is 4. The smallest absolute Gasteiger partial charge is 0.104 e. The van der Waals surface area contributed by atoms with Crippen LogP contribution in [0.5, 0.6) is 0 Å². The summed E-state index contributed by atoms with van der Waals surface area (Å²) in [6, 6.07) is 10.7. The van der Waals surface area contributed by atoms with Crippen molar-refractivity contribution in [3.05, 3.63) is 35.9 Å². The predicted octanol–water partition coefficient (Wildman–Crippen LogP) is -0.323. The van der Waals surface area contributed by atoms with Crippen molar-refractivity contribution in [3.8, 4) is 0 Å². The number of hydrogen-bond donors (Lipinski definition) is 0. The van der Waals surface area contributed by atoms with Gasteiger partial charge in [-0.05, 0) is 6.42 Å². The molecule has 0 unspecified atom stereocenters. The minimum atomic E-state index is 0. The van der Waals surface area contributed by atoms with Crippen LogP contribution in [0.25, 0.3) is 0 Å². The molecule has 1 nitrogen and oxygen atoms in total. The maximum absolute atomic E-state index is 2.29. The Bertz CT molecular complexity index is 244. The van der Waals surface area contributed by atoms with Gasteiger partial charge >= 0.3 is 0 Å². The molecule has 0 aliphatic heterocycles. The molecule has 0 radical (unpaired) electrons. The first kappa shape index (κ1) is 13.7. The number of quaternary nitrogens is 1. The van der Waals surface area contributed by atoms with Crippen molar-refractivity contribution in [1.82, 2.24) is 0 Å². The van der Waals surface area contributed by atoms with Crippen LogP contribution in [0.4, 0.5) is 0 Å². The summed E-state index contributed by atoms with van der Waals surface area (Å²) in [4.78, 5) is 0. The van der Waals surface area contributed by atoms with Gasteiger partial charge in [0.15, 0.2) is 0 Å². The standard InChI is InChI=1S/C12H20N.BrH/c1-4-10-13(2,3)11-12-8-6-5-7-9-12;/h5-9H,4,10-11H2,1-3H3;1H/q+1;/p-1. The SMILES string of the molecule is CCC[N+](C)(C)Cc1ccccc1.[Br-]. The highest BCUT2D eigenvalue weighted by Crippen LogP contribution is 2.09. The van der Waals surface area contributed by atoms with E-state index in [1.807, 2.05) is 0 Å². The van der Waals surface area contributed by atoms with Crippen LogP contribution in [0.1, 0.15) is 18.9 Å². The highest BCUT2D eigenvalue weighted by molar-refractivity contribution is 5.13. The topological polar surface area (TPSA) is 0 Å². The predicted molar refractivity (Wildman–Crippen MR) is 57.4 cm³/mol. The molecule has 1 aromatic carbocycles. The highest BCUT2D eigenvalue weighted by Gasteiger charge is 2.13. The van der Waals surface area contributed by atoms with E-state index in [-0.39, 0.29) is 17.0 Å². The molecular formula is C12H20BrN. The lowest BCUT2D eigenvalue weighted by atomic mass is 10.2. The molecule has 0 saturated heterocycles. The van der Waals surface area contributed by atoms with E-state index in [0.717, 1.165) is 11.0 Å². The van der Waals surface area contributed by atoms with Gasteiger partial charge in [0.25, 0.3) is 0 Å². The van der Waals surface area contributed by atoms with E-state index in [2.05, 4.69) is 51.4 Å². The molecule has 1 aromatic rings. The minimum Gasteiger partial charge on any atom is -1.00 e. The molecule has 0 aromatic heterocycles. The summed E-state index contributed by atoms with van der Waals surface area (Å²) in [5.41, 5.74) is 1.43. The van der Waals surface area contributed by atoms with E-state index in [4.69, 9.17) is 0 Å². The Kier molecular flexibility index (Phi) is 6.05. The van der Waals surface area contributed by atoms with Gasteiger partial charge in [0.2, 0.25) is 0 Å². The van der Waals surface area contributed by atoms with E-state index in [1.54, 1.807) is 0 Å². The third-order valence-corrected chi connectivity index (χ3v) is 2.28. The van der Waals surface area contributed by atoms with Gasteiger partial charge < -0.3 is 21.5 Å². The normalized spacial score (nSPS) is 10.8. The maximum Gasteiger partial charge on any atom is 0.104 e. The Labute approximate surface area is 98.1 Å². The van der Waals surface area contributed by atoms with Crippen molar-refractivity contribution >= 4 is 0 Å². The van der Waals surface area contributed by atoms with Crippen molar-refractivity contribution in [2.24, 2.45) is 0 Å². The number of halogens is 1. The first-order valence-corrected chi connectivity index (χ1v) is 5.00. The summed E-state index contributed by atoms with van der Waals surface area (Å²) in [5, 5.41) is 0. The molecule has 0 spiro atoms. The van der Waals surface area contributed by atoms with Crippen molar-refractivity contribution in [2.75, 3.05) is 20.6 Å². The molecule has 2 heteroatoms. The van der Waals surface area contributed by atoms with Crippen molar-refractivity contribution in [3.63, 3.8) is 0 Å². The molecular weight excluding hydrogens is 238 g/mol. The summed E-state index contributed by atoms with van der Waals surface area (Å²) in [6.07, 6.45) is 1.25. The van der Waals surface area contributed by atoms with E-state index >= 15 is 0 Å². The second-order valence-electron chi connectivity index (χ2n) is 4.30. The van der Waals surface area contributed by atoms with Crippen LogP contribution in [0.3, 0.4) is 0 Å². The van der Waals surface area contributed by atoms with Gasteiger partial charge in [-0.2, -0.15) is 0 Å². The fourth-order valence-corrected chi connectivity index (χ4v) is 1.76. The first-order valence-electron chi connectivity index (χ1n) is 5.00. The number of benzene rings is 1. The van der Waals surface area contributed by atoms with Crippen LogP contribution in [-0.4, -0.2) is 25.1 Å². The largest absolute Gasteiger partial charge is 1.00 e. The van der Waals surface area contributed by atoms with Crippen molar-refractivity contribution in [1.29, 1.82) is 0 Å². The third kappa shape index (κ3) is 4.77. The Hall–Kier alpha value is -0.340. The summed E-state index contributed by atoms with van der Waals surface area (Å²) in [6.45, 7) is 4.62. The second-order valence-corrected chi connectivity index (χ2v) is 4.30. The molecule has 0 heterocycles. The maximum atomic E-state index is 2.29. The van der Waals surface area contributed by atoms with Gasteiger partial charge in [-0.1, -0.05) is 37.3 Å². The lowest BCUT2D eigenvalue weighted by Gasteiger charge is -2.29. The van der Waals surface area contributed by atoms with Crippen LogP contribution in [0.15, 0.2) is 30.3 Å². The van der Waals surface area contributed by atoms with E-state index in [1.165, 1.54) is 18.5 Å². The summed E-state index contributed by atoms with van der Waals surface area (Å²) in [7, 11) is 4.58. The summed E-state index contributed by atoms with van der Waals surface area (Å²) in [5.74, 6) is 0. The van der Waals surface area contributed by atoms with Crippen LogP contribution in [-0.2, 0) is 6.54 Å². The Morgan fingerprint density at radius 3 is 2.14 bits per heavy atom. The first-order chi connectivity index (χ1) is 6.14. The third-order valence-electron chi connectivity index (χ3n) is 2.28. The molecule has 0 amide bonds. The summed E-state index contributed by atoms with van der Waals surface area (Å²) >= 11 is 0. The number of hydrogen-bond acceptors (Lipinski definition) is 0. The van der Waals surface area contributed by atoms with Crippen molar-refractivity contribution in [2.45, 2.75) is 19.9 Å². The molecule has 0 atom stereocenters. The average Bonchev–Trinajstić information content (AvgIpc) is 2.04. The van der Waals surface area contributed by atoms with Crippen LogP contribution < -0.4 is 17.0 Å². The van der Waals surface area contributed by atoms with Crippen LogP contribution in [0.2, 0.25) is 0 Å². The molecule has 0 N–H and O–H groups in total. The Balaban J connectivity index is 0.00000169. The van der Waals surface area contributed by atoms with E-state index in [9.17, 15) is 0 Å². The Morgan fingerprint density at radius 1 is 1.07 bits per heavy atom. The highest BCUT2D eigenvalue weighted by atomic mass is 79.9. The van der Waals surface area contributed by atoms with Crippen molar-refractivity contribution < 1.29 is 21.5 Å². The zero-order chi connectivity index (χ0) is 9.73. The van der Waals surface area contributed by atoms with Gasteiger partial charge in [-0.15, -0.1) is 0 Å². The Morgan fingerprint density at radius 2 is 1.64 bits per heavy atom. The molecule has 0 fully saturated rings. The van der Waals surface area contributed by atoms with E-state index in [0.29, 0.717) is 0 Å². The average molecular weight is 258 g/mol. The quantitative estimate of drug-likeness (QED) is 0.649. The summed E-state index contributed by atoms with van der Waals surface area (Å²) < 4.78 is 1.08. The van der Waals surface area contributed by atoms with Gasteiger partial charge in [-0.3, -0.25) is 0 Å². The molecule has 0 saturated carbocycles. The van der Waals surface area contributed by atoms with Crippen LogP contribution >= 0.6 is 0 Å². The van der Waals surface area contributed by atoms with Gasteiger partial charge in [-0.25, -0.2) is 0 Å². The molecule has 80 valence electrons. The monoisotopic (exact) mass is 257 g/mol. The number of nitrogens with zero attached hydrogens (tertiary/aromatic N) is 1. The molecule has 0 aliphatic carbocycles. The lowest BCUT2D eigenvalue weighted by Crippen LogP contribution is -3.00.